The normalized spacial score (nSPS) is 10.6. The lowest BCUT2D eigenvalue weighted by atomic mass is 10.3. The highest BCUT2D eigenvalue weighted by atomic mass is 32.1. The Morgan fingerprint density at radius 2 is 2.12 bits per heavy atom. The summed E-state index contributed by atoms with van der Waals surface area (Å²) in [6.45, 7) is 1.70. The first-order valence-corrected chi connectivity index (χ1v) is 7.90. The Morgan fingerprint density at radius 1 is 1.32 bits per heavy atom. The van der Waals surface area contributed by atoms with Crippen LogP contribution in [-0.4, -0.2) is 20.9 Å². The zero-order valence-electron chi connectivity index (χ0n) is 13.2. The van der Waals surface area contributed by atoms with Crippen LogP contribution in [0, 0.1) is 18.6 Å². The molecule has 2 heterocycles. The second-order valence-corrected chi connectivity index (χ2v) is 6.21. The second-order valence-electron chi connectivity index (χ2n) is 5.01. The van der Waals surface area contributed by atoms with Gasteiger partial charge in [0.15, 0.2) is 10.8 Å². The van der Waals surface area contributed by atoms with Crippen LogP contribution in [-0.2, 0) is 7.05 Å². The lowest BCUT2D eigenvalue weighted by Gasteiger charge is -2.08. The second kappa shape index (κ2) is 6.85. The van der Waals surface area contributed by atoms with Crippen molar-refractivity contribution < 1.29 is 18.3 Å². The largest absolute Gasteiger partial charge is 0.419 e. The van der Waals surface area contributed by atoms with E-state index < -0.39 is 17.7 Å². The van der Waals surface area contributed by atoms with E-state index in [1.807, 2.05) is 0 Å². The number of aryl methyl sites for hydroxylation is 2. The first-order chi connectivity index (χ1) is 11.9. The number of carbonyl (C=O) groups is 1. The van der Waals surface area contributed by atoms with E-state index in [1.165, 1.54) is 4.68 Å². The third-order valence-corrected chi connectivity index (χ3v) is 3.88. The fraction of sp³-hybridized carbons (Fsp3) is 0.133. The van der Waals surface area contributed by atoms with Crippen LogP contribution < -0.4 is 15.4 Å². The Morgan fingerprint density at radius 3 is 2.84 bits per heavy atom. The van der Waals surface area contributed by atoms with E-state index in [4.69, 9.17) is 4.74 Å². The average Bonchev–Trinajstić information content (AvgIpc) is 3.09. The maximum atomic E-state index is 13.8. The Bertz CT molecular complexity index is 925. The van der Waals surface area contributed by atoms with Crippen molar-refractivity contribution in [2.45, 2.75) is 6.92 Å². The minimum atomic E-state index is -0.799. The van der Waals surface area contributed by atoms with Gasteiger partial charge >= 0.3 is 6.09 Å². The predicted molar refractivity (Wildman–Crippen MR) is 89.3 cm³/mol. The van der Waals surface area contributed by atoms with E-state index in [2.05, 4.69) is 20.7 Å². The van der Waals surface area contributed by atoms with E-state index in [0.29, 0.717) is 10.8 Å². The van der Waals surface area contributed by atoms with Gasteiger partial charge in [-0.1, -0.05) is 11.3 Å². The molecule has 3 aromatic rings. The molecule has 0 fully saturated rings. The van der Waals surface area contributed by atoms with Gasteiger partial charge in [0, 0.05) is 25.4 Å². The molecule has 0 aliphatic rings. The fourth-order valence-electron chi connectivity index (χ4n) is 1.97. The first-order valence-electron chi connectivity index (χ1n) is 7.08. The number of hydrogen-bond acceptors (Lipinski definition) is 6. The highest BCUT2D eigenvalue weighted by Gasteiger charge is 2.17. The SMILES string of the molecule is Cc1nc(OC(=O)Nc2ccn(C)n2)c(Nc2cc(F)ccc2F)s1. The maximum absolute atomic E-state index is 13.8. The molecule has 0 radical (unpaired) electrons. The summed E-state index contributed by atoms with van der Waals surface area (Å²) in [7, 11) is 1.70. The van der Waals surface area contributed by atoms with Gasteiger partial charge in [-0.05, 0) is 19.1 Å². The van der Waals surface area contributed by atoms with E-state index in [1.54, 1.807) is 26.2 Å². The molecule has 0 bridgehead atoms. The molecular weight excluding hydrogens is 352 g/mol. The zero-order chi connectivity index (χ0) is 18.0. The van der Waals surface area contributed by atoms with E-state index in [9.17, 15) is 13.6 Å². The van der Waals surface area contributed by atoms with Crippen LogP contribution in [0.2, 0.25) is 0 Å². The number of carbonyl (C=O) groups excluding carboxylic acids is 1. The molecule has 2 N–H and O–H groups in total. The summed E-state index contributed by atoms with van der Waals surface area (Å²) in [5.41, 5.74) is -0.0846. The molecule has 0 aliphatic carbocycles. The van der Waals surface area contributed by atoms with E-state index in [-0.39, 0.29) is 16.6 Å². The third kappa shape index (κ3) is 4.10. The molecule has 0 aliphatic heterocycles. The lowest BCUT2D eigenvalue weighted by Crippen LogP contribution is -2.18. The molecule has 25 heavy (non-hydrogen) atoms. The fourth-order valence-corrected chi connectivity index (χ4v) is 2.73. The van der Waals surface area contributed by atoms with Crippen molar-refractivity contribution in [2.24, 2.45) is 7.05 Å². The highest BCUT2D eigenvalue weighted by molar-refractivity contribution is 7.16. The molecule has 2 aromatic heterocycles. The van der Waals surface area contributed by atoms with Crippen LogP contribution in [0.25, 0.3) is 0 Å². The third-order valence-electron chi connectivity index (χ3n) is 3.01. The average molecular weight is 365 g/mol. The van der Waals surface area contributed by atoms with Crippen molar-refractivity contribution in [3.05, 3.63) is 47.1 Å². The van der Waals surface area contributed by atoms with E-state index in [0.717, 1.165) is 29.5 Å². The number of halogens is 2. The van der Waals surface area contributed by atoms with Gasteiger partial charge in [0.2, 0.25) is 0 Å². The van der Waals surface area contributed by atoms with Crippen LogP contribution in [0.3, 0.4) is 0 Å². The van der Waals surface area contributed by atoms with Crippen LogP contribution in [0.5, 0.6) is 5.88 Å². The van der Waals surface area contributed by atoms with Crippen LogP contribution in [0.15, 0.2) is 30.5 Å². The molecule has 0 saturated carbocycles. The number of amides is 1. The molecule has 3 rings (SSSR count). The number of anilines is 3. The standard InChI is InChI=1S/C15H13F2N5O2S/c1-8-18-13(24-15(23)20-12-5-6-22(2)21-12)14(25-8)19-11-7-9(16)3-4-10(11)17/h3-7,19H,1-2H3,(H,20,21,23). The number of ether oxygens (including phenoxy) is 1. The van der Waals surface area contributed by atoms with Crippen molar-refractivity contribution in [3.8, 4) is 5.88 Å². The van der Waals surface area contributed by atoms with Gasteiger partial charge in [0.25, 0.3) is 5.88 Å². The van der Waals surface area contributed by atoms with Gasteiger partial charge in [0.05, 0.1) is 10.7 Å². The van der Waals surface area contributed by atoms with Crippen LogP contribution in [0.4, 0.5) is 30.1 Å². The van der Waals surface area contributed by atoms with Crippen LogP contribution >= 0.6 is 11.3 Å². The Hall–Kier alpha value is -3.01. The minimum absolute atomic E-state index is 0.0420. The molecule has 7 nitrogen and oxygen atoms in total. The smallest absolute Gasteiger partial charge is 0.388 e. The van der Waals surface area contributed by atoms with Gasteiger partial charge < -0.3 is 10.1 Å². The minimum Gasteiger partial charge on any atom is -0.388 e. The predicted octanol–water partition coefficient (Wildman–Crippen LogP) is 3.82. The summed E-state index contributed by atoms with van der Waals surface area (Å²) in [4.78, 5) is 16.0. The molecule has 0 unspecified atom stereocenters. The van der Waals surface area contributed by atoms with E-state index >= 15 is 0 Å². The summed E-state index contributed by atoms with van der Waals surface area (Å²) < 4.78 is 33.7. The molecule has 0 saturated heterocycles. The van der Waals surface area contributed by atoms with Gasteiger partial charge in [-0.25, -0.2) is 18.6 Å². The van der Waals surface area contributed by atoms with Crippen molar-refractivity contribution in [1.82, 2.24) is 14.8 Å². The molecule has 1 amide bonds. The number of hydrogen-bond donors (Lipinski definition) is 2. The summed E-state index contributed by atoms with van der Waals surface area (Å²) >= 11 is 1.14. The summed E-state index contributed by atoms with van der Waals surface area (Å²) in [6.07, 6.45) is 0.856. The maximum Gasteiger partial charge on any atom is 0.419 e. The van der Waals surface area contributed by atoms with Gasteiger partial charge in [-0.3, -0.25) is 10.00 Å². The Kier molecular flexibility index (Phi) is 4.61. The highest BCUT2D eigenvalue weighted by Crippen LogP contribution is 2.34. The molecule has 10 heteroatoms. The molecule has 1 aromatic carbocycles. The lowest BCUT2D eigenvalue weighted by molar-refractivity contribution is 0.213. The number of aromatic nitrogens is 3. The zero-order valence-corrected chi connectivity index (χ0v) is 14.0. The summed E-state index contributed by atoms with van der Waals surface area (Å²) in [5.74, 6) is -0.971. The van der Waals surface area contributed by atoms with Crippen molar-refractivity contribution in [2.75, 3.05) is 10.6 Å². The first kappa shape index (κ1) is 16.8. The monoisotopic (exact) mass is 365 g/mol. The van der Waals surface area contributed by atoms with Crippen LogP contribution in [0.1, 0.15) is 5.01 Å². The Labute approximate surface area is 145 Å². The van der Waals surface area contributed by atoms with Gasteiger partial charge in [0.1, 0.15) is 11.6 Å². The van der Waals surface area contributed by atoms with Crippen molar-refractivity contribution in [1.29, 1.82) is 0 Å². The number of rotatable bonds is 4. The van der Waals surface area contributed by atoms with Gasteiger partial charge in [-0.2, -0.15) is 5.10 Å². The quantitative estimate of drug-likeness (QED) is 0.735. The van der Waals surface area contributed by atoms with Crippen molar-refractivity contribution in [3.63, 3.8) is 0 Å². The number of nitrogens with zero attached hydrogens (tertiary/aromatic N) is 3. The molecule has 0 atom stereocenters. The topological polar surface area (TPSA) is 81.1 Å². The Balaban J connectivity index is 1.76. The molecular formula is C15H13F2N5O2S. The molecule has 130 valence electrons. The molecule has 0 spiro atoms. The summed E-state index contributed by atoms with van der Waals surface area (Å²) in [6, 6.07) is 4.60. The number of benzene rings is 1. The summed E-state index contributed by atoms with van der Waals surface area (Å²) in [5, 5.41) is 9.98. The van der Waals surface area contributed by atoms with Crippen molar-refractivity contribution >= 4 is 33.9 Å². The number of thiazole rings is 1. The van der Waals surface area contributed by atoms with Gasteiger partial charge in [-0.15, -0.1) is 0 Å². The number of nitrogens with one attached hydrogen (secondary N) is 2.